The van der Waals surface area contributed by atoms with Crippen molar-refractivity contribution in [3.05, 3.63) is 51.0 Å². The number of anilines is 1. The number of ether oxygens (including phenoxy) is 1. The van der Waals surface area contributed by atoms with E-state index < -0.39 is 5.97 Å². The lowest BCUT2D eigenvalue weighted by molar-refractivity contribution is -0.135. The number of rotatable bonds is 4. The highest BCUT2D eigenvalue weighted by Crippen LogP contribution is 2.33. The van der Waals surface area contributed by atoms with Crippen molar-refractivity contribution in [2.75, 3.05) is 12.4 Å². The quantitative estimate of drug-likeness (QED) is 0.577. The molecule has 0 radical (unpaired) electrons. The molecule has 1 amide bonds. The summed E-state index contributed by atoms with van der Waals surface area (Å²) < 4.78 is 4.88. The number of carbonyl (C=O) groups excluding carboxylic acids is 2. The van der Waals surface area contributed by atoms with Crippen LogP contribution in [0, 0.1) is 17.2 Å². The molecule has 1 aliphatic rings. The highest BCUT2D eigenvalue weighted by atomic mass is 79.9. The van der Waals surface area contributed by atoms with Crippen LogP contribution in [0.2, 0.25) is 5.02 Å². The predicted octanol–water partition coefficient (Wildman–Crippen LogP) is 4.35. The van der Waals surface area contributed by atoms with Gasteiger partial charge in [-0.3, -0.25) is 4.79 Å². The van der Waals surface area contributed by atoms with E-state index in [4.69, 9.17) is 11.6 Å². The van der Waals surface area contributed by atoms with Crippen molar-refractivity contribution >= 4 is 45.1 Å². The van der Waals surface area contributed by atoms with E-state index in [-0.39, 0.29) is 16.3 Å². The molecule has 1 aromatic carbocycles. The zero-order chi connectivity index (χ0) is 18.4. The maximum Gasteiger partial charge on any atom is 0.344 e. The molecule has 0 aliphatic heterocycles. The maximum atomic E-state index is 12.6. The summed E-state index contributed by atoms with van der Waals surface area (Å²) in [5.74, 6) is -1.14. The molecule has 0 fully saturated rings. The third kappa shape index (κ3) is 4.94. The molecule has 7 heteroatoms. The van der Waals surface area contributed by atoms with Crippen LogP contribution in [0.15, 0.2) is 46.0 Å². The standard InChI is InChI=1S/C18H16BrClN2O3/c1-25-18(24)16(19)9-11-3-2-4-14(15(11)10-21)17(23)22-13-7-5-12(20)6-8-13/h5-9,11H,2-4H2,1H3,(H,22,23). The summed E-state index contributed by atoms with van der Waals surface area (Å²) in [5, 5.41) is 12.9. The first-order valence-electron chi connectivity index (χ1n) is 7.62. The van der Waals surface area contributed by atoms with Gasteiger partial charge in [0.15, 0.2) is 0 Å². The van der Waals surface area contributed by atoms with Crippen LogP contribution in [0.5, 0.6) is 0 Å². The minimum absolute atomic E-state index is 0.243. The van der Waals surface area contributed by atoms with Gasteiger partial charge in [0, 0.05) is 27.8 Å². The molecule has 25 heavy (non-hydrogen) atoms. The Balaban J connectivity index is 2.27. The van der Waals surface area contributed by atoms with Crippen molar-refractivity contribution in [3.8, 4) is 6.07 Å². The number of nitrogens with one attached hydrogen (secondary N) is 1. The van der Waals surface area contributed by atoms with Gasteiger partial charge in [0.05, 0.1) is 17.7 Å². The number of esters is 1. The molecule has 0 bridgehead atoms. The number of hydrogen-bond donors (Lipinski definition) is 1. The van der Waals surface area contributed by atoms with Crippen LogP contribution < -0.4 is 5.32 Å². The van der Waals surface area contributed by atoms with E-state index in [0.717, 1.165) is 6.42 Å². The molecule has 1 aromatic rings. The number of carbonyl (C=O) groups is 2. The predicted molar refractivity (Wildman–Crippen MR) is 99.1 cm³/mol. The number of amides is 1. The first-order valence-corrected chi connectivity index (χ1v) is 8.79. The number of nitrogens with zero attached hydrogens (tertiary/aromatic N) is 1. The number of benzene rings is 1. The van der Waals surface area contributed by atoms with Gasteiger partial charge in [-0.1, -0.05) is 17.7 Å². The summed E-state index contributed by atoms with van der Waals surface area (Å²) in [6, 6.07) is 8.87. The number of nitriles is 1. The van der Waals surface area contributed by atoms with Crippen LogP contribution in [-0.2, 0) is 14.3 Å². The van der Waals surface area contributed by atoms with Crippen molar-refractivity contribution < 1.29 is 14.3 Å². The molecule has 1 unspecified atom stereocenters. The molecule has 1 atom stereocenters. The molecule has 0 heterocycles. The highest BCUT2D eigenvalue weighted by molar-refractivity contribution is 9.12. The molecule has 0 saturated carbocycles. The molecule has 1 N–H and O–H groups in total. The largest absolute Gasteiger partial charge is 0.465 e. The van der Waals surface area contributed by atoms with Gasteiger partial charge in [-0.25, -0.2) is 4.79 Å². The summed E-state index contributed by atoms with van der Waals surface area (Å²) in [5.41, 5.74) is 1.42. The van der Waals surface area contributed by atoms with Crippen LogP contribution in [0.25, 0.3) is 0 Å². The molecule has 0 spiro atoms. The minimum atomic E-state index is -0.518. The monoisotopic (exact) mass is 422 g/mol. The van der Waals surface area contributed by atoms with Crippen LogP contribution in [0.3, 0.4) is 0 Å². The van der Waals surface area contributed by atoms with Crippen molar-refractivity contribution in [2.45, 2.75) is 19.3 Å². The fraction of sp³-hybridized carbons (Fsp3) is 0.278. The molecule has 2 rings (SSSR count). The lowest BCUT2D eigenvalue weighted by Crippen LogP contribution is -2.21. The summed E-state index contributed by atoms with van der Waals surface area (Å²) in [6.07, 6.45) is 3.57. The molecule has 0 saturated heterocycles. The van der Waals surface area contributed by atoms with Crippen LogP contribution in [0.1, 0.15) is 19.3 Å². The zero-order valence-corrected chi connectivity index (χ0v) is 15.9. The molecule has 5 nitrogen and oxygen atoms in total. The minimum Gasteiger partial charge on any atom is -0.465 e. The van der Waals surface area contributed by atoms with Crippen LogP contribution >= 0.6 is 27.5 Å². The van der Waals surface area contributed by atoms with E-state index in [1.807, 2.05) is 0 Å². The Morgan fingerprint density at radius 3 is 2.68 bits per heavy atom. The third-order valence-corrected chi connectivity index (χ3v) is 4.70. The Bertz CT molecular complexity index is 779. The fourth-order valence-electron chi connectivity index (χ4n) is 2.64. The Kier molecular flexibility index (Phi) is 6.80. The van der Waals surface area contributed by atoms with Gasteiger partial charge in [-0.15, -0.1) is 0 Å². The van der Waals surface area contributed by atoms with Gasteiger partial charge in [0.25, 0.3) is 5.91 Å². The van der Waals surface area contributed by atoms with Gasteiger partial charge in [0.1, 0.15) is 0 Å². The van der Waals surface area contributed by atoms with Crippen molar-refractivity contribution in [1.82, 2.24) is 0 Å². The van der Waals surface area contributed by atoms with Crippen molar-refractivity contribution in [3.63, 3.8) is 0 Å². The Labute approximate surface area is 159 Å². The van der Waals surface area contributed by atoms with Crippen LogP contribution in [0.4, 0.5) is 5.69 Å². The zero-order valence-electron chi connectivity index (χ0n) is 13.5. The normalized spacial score (nSPS) is 17.7. The van der Waals surface area contributed by atoms with E-state index >= 15 is 0 Å². The van der Waals surface area contributed by atoms with E-state index in [9.17, 15) is 14.9 Å². The second-order valence-electron chi connectivity index (χ2n) is 5.47. The first kappa shape index (κ1) is 19.2. The molecule has 0 aromatic heterocycles. The maximum absolute atomic E-state index is 12.6. The molecular weight excluding hydrogens is 408 g/mol. The Morgan fingerprint density at radius 2 is 2.08 bits per heavy atom. The second-order valence-corrected chi connectivity index (χ2v) is 6.76. The van der Waals surface area contributed by atoms with Crippen molar-refractivity contribution in [1.29, 1.82) is 5.26 Å². The Hall–Kier alpha value is -2.10. The average molecular weight is 424 g/mol. The van der Waals surface area contributed by atoms with Gasteiger partial charge >= 0.3 is 5.97 Å². The van der Waals surface area contributed by atoms with Gasteiger partial charge in [-0.05, 0) is 59.5 Å². The summed E-state index contributed by atoms with van der Waals surface area (Å²) in [7, 11) is 1.28. The lowest BCUT2D eigenvalue weighted by Gasteiger charge is -2.22. The Morgan fingerprint density at radius 1 is 1.40 bits per heavy atom. The molecular formula is C18H16BrClN2O3. The topological polar surface area (TPSA) is 79.2 Å². The smallest absolute Gasteiger partial charge is 0.344 e. The van der Waals surface area contributed by atoms with Gasteiger partial charge in [-0.2, -0.15) is 5.26 Å². The van der Waals surface area contributed by atoms with Crippen molar-refractivity contribution in [2.24, 2.45) is 5.92 Å². The first-order chi connectivity index (χ1) is 12.0. The SMILES string of the molecule is COC(=O)C(Br)=CC1CCCC(C(=O)Nc2ccc(Cl)cc2)=C1C#N. The van der Waals surface area contributed by atoms with E-state index in [2.05, 4.69) is 32.1 Å². The molecule has 130 valence electrons. The second kappa shape index (κ2) is 8.84. The number of hydrogen-bond acceptors (Lipinski definition) is 4. The van der Waals surface area contributed by atoms with E-state index in [1.165, 1.54) is 7.11 Å². The summed E-state index contributed by atoms with van der Waals surface area (Å²) in [4.78, 5) is 24.1. The average Bonchev–Trinajstić information content (AvgIpc) is 2.62. The summed E-state index contributed by atoms with van der Waals surface area (Å²) >= 11 is 8.99. The highest BCUT2D eigenvalue weighted by Gasteiger charge is 2.27. The number of methoxy groups -OCH3 is 1. The van der Waals surface area contributed by atoms with Crippen LogP contribution in [-0.4, -0.2) is 19.0 Å². The number of allylic oxidation sites excluding steroid dienone is 2. The summed E-state index contributed by atoms with van der Waals surface area (Å²) in [6.45, 7) is 0. The van der Waals surface area contributed by atoms with E-state index in [0.29, 0.717) is 34.7 Å². The third-order valence-electron chi connectivity index (χ3n) is 3.86. The van der Waals surface area contributed by atoms with Gasteiger partial charge < -0.3 is 10.1 Å². The number of halogens is 2. The lowest BCUT2D eigenvalue weighted by atomic mass is 9.82. The van der Waals surface area contributed by atoms with Gasteiger partial charge in [0.2, 0.25) is 0 Å². The van der Waals surface area contributed by atoms with E-state index in [1.54, 1.807) is 30.3 Å². The fourth-order valence-corrected chi connectivity index (χ4v) is 3.24. The molecule has 1 aliphatic carbocycles.